The Bertz CT molecular complexity index is 1240. The maximum atomic E-state index is 12.6. The van der Waals surface area contributed by atoms with Crippen LogP contribution >= 0.6 is 7.82 Å². The van der Waals surface area contributed by atoms with E-state index in [1.807, 2.05) is 24.3 Å². The van der Waals surface area contributed by atoms with Gasteiger partial charge >= 0.3 is 19.8 Å². The summed E-state index contributed by atoms with van der Waals surface area (Å²) in [6.45, 7) is 3.45. The summed E-state index contributed by atoms with van der Waals surface area (Å²) >= 11 is 0. The number of carbonyl (C=O) groups excluding carboxylic acids is 3. The second-order valence-electron chi connectivity index (χ2n) is 14.6. The molecule has 0 saturated heterocycles. The van der Waals surface area contributed by atoms with E-state index in [0.717, 1.165) is 64.2 Å². The Kier molecular flexibility index (Phi) is 40.2. The molecule has 0 aliphatic rings. The number of ether oxygens (including phenoxy) is 2. The number of unbranched alkanes of at least 4 members (excludes halogenated alkanes) is 15. The smallest absolute Gasteiger partial charge is 0.462 e. The Labute approximate surface area is 352 Å². The van der Waals surface area contributed by atoms with E-state index in [2.05, 4.69) is 50.3 Å². The fraction of sp³-hybridized carbons (Fsp3) is 0.681. The van der Waals surface area contributed by atoms with Crippen molar-refractivity contribution in [2.45, 2.75) is 180 Å². The number of ketones is 1. The van der Waals surface area contributed by atoms with Crippen molar-refractivity contribution in [1.29, 1.82) is 0 Å². The number of hydrogen-bond acceptors (Lipinski definition) is 9. The van der Waals surface area contributed by atoms with Gasteiger partial charge in [0, 0.05) is 25.8 Å². The Morgan fingerprint density at radius 1 is 0.569 bits per heavy atom. The topological polar surface area (TPSA) is 151 Å². The van der Waals surface area contributed by atoms with E-state index < -0.39 is 32.5 Å². The van der Waals surface area contributed by atoms with Gasteiger partial charge in [-0.05, 0) is 76.7 Å². The molecule has 0 aromatic rings. The van der Waals surface area contributed by atoms with E-state index in [1.54, 1.807) is 12.2 Å². The normalized spacial score (nSPS) is 13.9. The molecule has 0 heterocycles. The molecule has 0 aliphatic heterocycles. The lowest BCUT2D eigenvalue weighted by Crippen LogP contribution is -2.29. The van der Waals surface area contributed by atoms with Crippen LogP contribution in [-0.2, 0) is 37.5 Å². The van der Waals surface area contributed by atoms with Gasteiger partial charge in [-0.15, -0.1) is 0 Å². The molecule has 11 heteroatoms. The van der Waals surface area contributed by atoms with E-state index in [0.29, 0.717) is 25.7 Å². The second kappa shape index (κ2) is 42.3. The molecule has 0 aliphatic carbocycles. The minimum absolute atomic E-state index is 0.0330. The number of esters is 2. The van der Waals surface area contributed by atoms with E-state index in [4.69, 9.17) is 24.3 Å². The Morgan fingerprint density at radius 3 is 1.69 bits per heavy atom. The molecule has 0 bridgehead atoms. The third-order valence-corrected chi connectivity index (χ3v) is 10.0. The standard InChI is InChI=1S/C47H80NO9P/c1-3-5-7-8-9-10-11-12-13-14-15-16-17-18-21-25-28-31-35-39-47(51)57-45(43-56-58(52,53)55-41-40-48)42-54-46(50)38-34-30-27-24-22-19-20-23-26-29-33-37-44(49)36-32-6-4-2/h9-10,12-13,19-20,24,26-27,29,33,37,45H,3-8,11,14-18,21-23,25,28,30-32,34-36,38-43,48H2,1-2H3,(H,52,53)/b10-9-,13-12-,20-19-,27-24-,29-26-,37-33+/t45-/m1/s1. The first kappa shape index (κ1) is 55.1. The predicted octanol–water partition coefficient (Wildman–Crippen LogP) is 12.2. The van der Waals surface area contributed by atoms with Gasteiger partial charge in [0.25, 0.3) is 0 Å². The number of phosphoric acid groups is 1. The molecule has 2 atom stereocenters. The second-order valence-corrected chi connectivity index (χ2v) is 16.0. The molecule has 0 aromatic heterocycles. The molecule has 0 radical (unpaired) electrons. The van der Waals surface area contributed by atoms with Gasteiger partial charge in [0.05, 0.1) is 13.2 Å². The molecule has 0 saturated carbocycles. The number of hydrogen-bond donors (Lipinski definition) is 2. The lowest BCUT2D eigenvalue weighted by Gasteiger charge is -2.19. The molecule has 3 N–H and O–H groups in total. The monoisotopic (exact) mass is 834 g/mol. The minimum Gasteiger partial charge on any atom is -0.462 e. The Hall–Kier alpha value is -2.88. The van der Waals surface area contributed by atoms with Crippen molar-refractivity contribution in [2.75, 3.05) is 26.4 Å². The van der Waals surface area contributed by atoms with E-state index in [9.17, 15) is 23.8 Å². The van der Waals surface area contributed by atoms with Gasteiger partial charge in [-0.25, -0.2) is 4.57 Å². The van der Waals surface area contributed by atoms with Crippen LogP contribution in [0, 0.1) is 0 Å². The lowest BCUT2D eigenvalue weighted by atomic mass is 10.1. The van der Waals surface area contributed by atoms with Crippen molar-refractivity contribution < 1.29 is 42.4 Å². The zero-order chi connectivity index (χ0) is 42.6. The third kappa shape index (κ3) is 41.3. The molecule has 332 valence electrons. The molecule has 0 fully saturated rings. The van der Waals surface area contributed by atoms with Gasteiger partial charge in [0.1, 0.15) is 6.61 Å². The van der Waals surface area contributed by atoms with Crippen LogP contribution in [0.15, 0.2) is 72.9 Å². The number of nitrogens with two attached hydrogens (primary N) is 1. The van der Waals surface area contributed by atoms with Crippen molar-refractivity contribution in [3.8, 4) is 0 Å². The lowest BCUT2D eigenvalue weighted by molar-refractivity contribution is -0.161. The summed E-state index contributed by atoms with van der Waals surface area (Å²) in [5.74, 6) is -0.770. The van der Waals surface area contributed by atoms with Crippen molar-refractivity contribution in [1.82, 2.24) is 0 Å². The molecule has 10 nitrogen and oxygen atoms in total. The van der Waals surface area contributed by atoms with E-state index in [-0.39, 0.29) is 38.4 Å². The summed E-state index contributed by atoms with van der Waals surface area (Å²) in [6, 6.07) is 0. The Balaban J connectivity index is 4.28. The van der Waals surface area contributed by atoms with Gasteiger partial charge < -0.3 is 20.1 Å². The summed E-state index contributed by atoms with van der Waals surface area (Å²) in [7, 11) is -4.41. The molecule has 0 spiro atoms. The van der Waals surface area contributed by atoms with Crippen LogP contribution in [0.25, 0.3) is 0 Å². The molecular formula is C47H80NO9P. The summed E-state index contributed by atoms with van der Waals surface area (Å²) in [5.41, 5.74) is 5.34. The average molecular weight is 834 g/mol. The van der Waals surface area contributed by atoms with Gasteiger partial charge in [-0.2, -0.15) is 0 Å². The van der Waals surface area contributed by atoms with Crippen molar-refractivity contribution in [3.63, 3.8) is 0 Å². The molecule has 0 rings (SSSR count). The summed E-state index contributed by atoms with van der Waals surface area (Å²) in [4.78, 5) is 46.6. The average Bonchev–Trinajstić information content (AvgIpc) is 3.20. The molecule has 0 aromatic carbocycles. The van der Waals surface area contributed by atoms with Crippen LogP contribution in [0.4, 0.5) is 0 Å². The van der Waals surface area contributed by atoms with Crippen molar-refractivity contribution in [2.24, 2.45) is 5.73 Å². The molecule has 58 heavy (non-hydrogen) atoms. The number of phosphoric ester groups is 1. The highest BCUT2D eigenvalue weighted by molar-refractivity contribution is 7.47. The largest absolute Gasteiger partial charge is 0.472 e. The fourth-order valence-corrected chi connectivity index (χ4v) is 6.44. The number of rotatable bonds is 41. The summed E-state index contributed by atoms with van der Waals surface area (Å²) in [6.07, 6.45) is 47.7. The number of carbonyl (C=O) groups is 3. The van der Waals surface area contributed by atoms with E-state index in [1.165, 1.54) is 57.8 Å². The van der Waals surface area contributed by atoms with Crippen LogP contribution in [0.3, 0.4) is 0 Å². The van der Waals surface area contributed by atoms with Crippen LogP contribution in [0.1, 0.15) is 174 Å². The van der Waals surface area contributed by atoms with Gasteiger partial charge in [0.2, 0.25) is 0 Å². The highest BCUT2D eigenvalue weighted by Gasteiger charge is 2.26. The first-order valence-electron chi connectivity index (χ1n) is 22.4. The predicted molar refractivity (Wildman–Crippen MR) is 238 cm³/mol. The Morgan fingerprint density at radius 2 is 1.07 bits per heavy atom. The minimum atomic E-state index is -4.41. The van der Waals surface area contributed by atoms with Crippen LogP contribution in [-0.4, -0.2) is 55.1 Å². The van der Waals surface area contributed by atoms with Gasteiger partial charge in [-0.3, -0.25) is 23.4 Å². The number of allylic oxidation sites excluding steroid dienone is 12. The van der Waals surface area contributed by atoms with Crippen molar-refractivity contribution in [3.05, 3.63) is 72.9 Å². The summed E-state index contributed by atoms with van der Waals surface area (Å²) < 4.78 is 32.7. The van der Waals surface area contributed by atoms with Gasteiger partial charge in [-0.1, -0.05) is 151 Å². The molecular weight excluding hydrogens is 753 g/mol. The maximum Gasteiger partial charge on any atom is 0.472 e. The zero-order valence-corrected chi connectivity index (χ0v) is 37.1. The van der Waals surface area contributed by atoms with Crippen LogP contribution in [0.2, 0.25) is 0 Å². The van der Waals surface area contributed by atoms with Gasteiger partial charge in [0.15, 0.2) is 11.9 Å². The van der Waals surface area contributed by atoms with Crippen LogP contribution < -0.4 is 5.73 Å². The third-order valence-electron chi connectivity index (χ3n) is 9.04. The fourth-order valence-electron chi connectivity index (χ4n) is 5.67. The molecule has 1 unspecified atom stereocenters. The quantitative estimate of drug-likeness (QED) is 0.0152. The van der Waals surface area contributed by atoms with Crippen LogP contribution in [0.5, 0.6) is 0 Å². The summed E-state index contributed by atoms with van der Waals surface area (Å²) in [5, 5.41) is 0. The highest BCUT2D eigenvalue weighted by Crippen LogP contribution is 2.43. The molecule has 0 amide bonds. The first-order valence-corrected chi connectivity index (χ1v) is 23.9. The highest BCUT2D eigenvalue weighted by atomic mass is 31.2. The van der Waals surface area contributed by atoms with E-state index >= 15 is 0 Å². The SMILES string of the molecule is CCCCC/C=C\C/C=C\CCCCCCCCCCCC(=O)O[C@H](COC(=O)CCC/C=C\C/C=C\C/C=C\C=C\C(=O)CCCCC)COP(=O)(O)OCCN. The first-order chi connectivity index (χ1) is 28.2. The maximum absolute atomic E-state index is 12.6. The zero-order valence-electron chi connectivity index (χ0n) is 36.2. The van der Waals surface area contributed by atoms with Crippen molar-refractivity contribution >= 4 is 25.5 Å².